The van der Waals surface area contributed by atoms with Crippen molar-refractivity contribution in [3.05, 3.63) is 0 Å². The minimum absolute atomic E-state index is 0. The van der Waals surface area contributed by atoms with Gasteiger partial charge in [0, 0.05) is 0 Å². The van der Waals surface area contributed by atoms with E-state index in [0.29, 0.717) is 0 Å². The first-order valence-electron chi connectivity index (χ1n) is 1.28. The molecule has 0 radical (unpaired) electrons. The molecular weight excluding hydrogens is 216 g/mol. The van der Waals surface area contributed by atoms with Crippen molar-refractivity contribution in [3.8, 4) is 0 Å². The average Bonchev–Trinajstić information content (AvgIpc) is 1.27. The summed E-state index contributed by atoms with van der Waals surface area (Å²) in [4.78, 5) is 21.6. The monoisotopic (exact) mass is 224 g/mol. The number of phosphoric acid groups is 1. The van der Waals surface area contributed by atoms with Gasteiger partial charge in [-0.05, 0) is 0 Å². The first kappa shape index (κ1) is 16.1. The van der Waals surface area contributed by atoms with Crippen LogP contribution in [-0.2, 0) is 8.34 Å². The Morgan fingerprint density at radius 3 is 1.22 bits per heavy atom. The van der Waals surface area contributed by atoms with Gasteiger partial charge in [-0.3, -0.25) is 0 Å². The van der Waals surface area contributed by atoms with Crippen LogP contribution in [-0.4, -0.2) is 40.0 Å². The molecule has 0 saturated carbocycles. The second-order valence-electron chi connectivity index (χ2n) is 0.619. The van der Waals surface area contributed by atoms with Crippen LogP contribution in [0.25, 0.3) is 0 Å². The Labute approximate surface area is 56.9 Å². The van der Waals surface area contributed by atoms with Crippen LogP contribution in [0.2, 0.25) is 0 Å². The molecule has 0 bridgehead atoms. The Bertz CT molecular complexity index is 82.8. The molecule has 0 unspecified atom stereocenters. The van der Waals surface area contributed by atoms with E-state index in [1.807, 2.05) is 0 Å². The minimum atomic E-state index is -4.64. The molecule has 0 aliphatic rings. The average molecular weight is 223 g/mol. The molecule has 0 aromatic carbocycles. The van der Waals surface area contributed by atoms with E-state index < -0.39 is 23.5 Å². The van der Waals surface area contributed by atoms with E-state index in [-0.39, 0.29) is 5.48 Å². The van der Waals surface area contributed by atoms with Crippen molar-refractivity contribution in [1.29, 1.82) is 0 Å². The Balaban J connectivity index is -0.0000000800. The Morgan fingerprint density at radius 2 is 1.22 bits per heavy atom. The van der Waals surface area contributed by atoms with E-state index in [0.717, 1.165) is 0 Å². The maximum atomic E-state index is 8.88. The first-order chi connectivity index (χ1) is 3.41. The van der Waals surface area contributed by atoms with Gasteiger partial charge in [0.25, 0.3) is 0 Å². The number of rotatable bonds is 0. The van der Waals surface area contributed by atoms with Crippen LogP contribution in [0.5, 0.6) is 0 Å². The van der Waals surface area contributed by atoms with Crippen LogP contribution in [0.15, 0.2) is 0 Å². The Kier molecular flexibility index (Phi) is 14.7. The van der Waals surface area contributed by atoms with Crippen LogP contribution in [0.3, 0.4) is 0 Å². The first-order valence-corrected chi connectivity index (χ1v) is 4.91. The van der Waals surface area contributed by atoms with Crippen LogP contribution in [0, 0.1) is 0 Å². The van der Waals surface area contributed by atoms with E-state index >= 15 is 0 Å². The summed E-state index contributed by atoms with van der Waals surface area (Å²) in [5.74, 6) is 0. The molecule has 0 spiro atoms. The zero-order valence-electron chi connectivity index (χ0n) is 4.13. The van der Waals surface area contributed by atoms with Crippen molar-refractivity contribution in [1.82, 2.24) is 0 Å². The molecule has 0 rings (SSSR count). The van der Waals surface area contributed by atoms with Crippen LogP contribution >= 0.6 is 7.82 Å². The van der Waals surface area contributed by atoms with Gasteiger partial charge in [0.1, 0.15) is 0 Å². The van der Waals surface area contributed by atoms with Crippen molar-refractivity contribution >= 4 is 23.5 Å². The maximum absolute atomic E-state index is 8.88. The van der Waals surface area contributed by atoms with Gasteiger partial charge in [-0.1, -0.05) is 0 Å². The van der Waals surface area contributed by atoms with Gasteiger partial charge in [0.2, 0.25) is 0 Å². The van der Waals surface area contributed by atoms with Gasteiger partial charge in [0.05, 0.1) is 0 Å². The predicted molar refractivity (Wildman–Crippen MR) is 27.9 cm³/mol. The molecule has 0 aromatic heterocycles. The van der Waals surface area contributed by atoms with Crippen molar-refractivity contribution < 1.29 is 32.6 Å². The molecule has 0 aromatic rings. The summed E-state index contributed by atoms with van der Waals surface area (Å²) < 4.78 is 24.7. The third-order valence-electron chi connectivity index (χ3n) is 0. The van der Waals surface area contributed by atoms with Crippen molar-refractivity contribution in [2.45, 2.75) is 0 Å². The van der Waals surface area contributed by atoms with Crippen LogP contribution in [0.1, 0.15) is 0 Å². The van der Waals surface area contributed by atoms with E-state index in [2.05, 4.69) is 0 Å². The molecule has 0 fully saturated rings. The summed E-state index contributed by atoms with van der Waals surface area (Å²) >= 11 is -1.94. The Morgan fingerprint density at radius 1 is 1.22 bits per heavy atom. The zero-order chi connectivity index (χ0) is 7.21. The van der Waals surface area contributed by atoms with E-state index in [9.17, 15) is 0 Å². The molecule has 6 N–H and O–H groups in total. The number of hydrogen-bond donors (Lipinski definition) is 4. The van der Waals surface area contributed by atoms with E-state index in [1.54, 1.807) is 0 Å². The normalized spacial score (nSPS) is 7.89. The standard InChI is InChI=1S/GeH2O2.H3O4P.H2O/c2-1-3;1-5(2,3)4;/h1-2H;(H3,1,2,3,4);1H2. The molecular formula is H7GeO7P. The third kappa shape index (κ3) is 7000. The van der Waals surface area contributed by atoms with Gasteiger partial charge >= 0.3 is 31.4 Å². The fourth-order valence-electron chi connectivity index (χ4n) is 0. The quantitative estimate of drug-likeness (QED) is 0.253. The Hall–Kier alpha value is 0.213. The van der Waals surface area contributed by atoms with Crippen molar-refractivity contribution in [3.63, 3.8) is 0 Å². The van der Waals surface area contributed by atoms with Crippen molar-refractivity contribution in [2.75, 3.05) is 0 Å². The molecule has 0 atom stereocenters. The van der Waals surface area contributed by atoms with Gasteiger partial charge in [0.15, 0.2) is 0 Å². The second-order valence-corrected chi connectivity index (χ2v) is 2.09. The summed E-state index contributed by atoms with van der Waals surface area (Å²) in [6, 6.07) is 0. The molecule has 0 aliphatic carbocycles. The zero-order valence-corrected chi connectivity index (χ0v) is 7.45. The predicted octanol–water partition coefficient (Wildman–Crippen LogP) is -3.08. The molecule has 58 valence electrons. The van der Waals surface area contributed by atoms with E-state index in [1.165, 1.54) is 0 Å². The summed E-state index contributed by atoms with van der Waals surface area (Å²) in [5, 5.41) is 0. The molecule has 9 heavy (non-hydrogen) atoms. The fraction of sp³-hybridized carbons (Fsp3) is 0. The van der Waals surface area contributed by atoms with Crippen LogP contribution < -0.4 is 0 Å². The van der Waals surface area contributed by atoms with Crippen LogP contribution in [0.4, 0.5) is 0 Å². The van der Waals surface area contributed by atoms with E-state index in [4.69, 9.17) is 27.2 Å². The van der Waals surface area contributed by atoms with Crippen molar-refractivity contribution in [2.24, 2.45) is 0 Å². The summed E-state index contributed by atoms with van der Waals surface area (Å²) in [6.07, 6.45) is 0. The number of hydrogen-bond acceptors (Lipinski definition) is 2. The molecule has 0 aliphatic heterocycles. The SMILES string of the molecule is O.O=P(O)(O)O.[O]=[GeH][OH]. The third-order valence-corrected chi connectivity index (χ3v) is 0. The molecule has 0 heterocycles. The van der Waals surface area contributed by atoms with Gasteiger partial charge in [-0.25, -0.2) is 4.57 Å². The summed E-state index contributed by atoms with van der Waals surface area (Å²) in [5.41, 5.74) is 0. The molecule has 0 saturated heterocycles. The topological polar surface area (TPSA) is 147 Å². The summed E-state index contributed by atoms with van der Waals surface area (Å²) in [6.45, 7) is 0. The molecule has 9 heteroatoms. The second kappa shape index (κ2) is 8.21. The fourth-order valence-corrected chi connectivity index (χ4v) is 0. The van der Waals surface area contributed by atoms with Gasteiger partial charge in [-0.2, -0.15) is 0 Å². The molecule has 0 amide bonds. The summed E-state index contributed by atoms with van der Waals surface area (Å²) in [7, 11) is -4.64. The van der Waals surface area contributed by atoms with Gasteiger partial charge in [-0.15, -0.1) is 0 Å². The molecule has 7 nitrogen and oxygen atoms in total. The van der Waals surface area contributed by atoms with Gasteiger partial charge < -0.3 is 20.2 Å².